The van der Waals surface area contributed by atoms with Crippen LogP contribution in [0.1, 0.15) is 158 Å². The Morgan fingerprint density at radius 1 is 0.269 bits per heavy atom. The van der Waals surface area contributed by atoms with E-state index in [1.807, 2.05) is 0 Å². The van der Waals surface area contributed by atoms with Crippen LogP contribution < -0.4 is 0 Å². The molecule has 0 unspecified atom stereocenters. The van der Waals surface area contributed by atoms with Crippen molar-refractivity contribution in [1.82, 2.24) is 9.97 Å². The van der Waals surface area contributed by atoms with Crippen LogP contribution in [0.5, 0.6) is 0 Å². The van der Waals surface area contributed by atoms with Crippen molar-refractivity contribution < 1.29 is 0 Å². The first kappa shape index (κ1) is 47.0. The van der Waals surface area contributed by atoms with Crippen molar-refractivity contribution in [3.05, 3.63) is 143 Å². The molecule has 0 atom stereocenters. The molecule has 0 aliphatic carbocycles. The fraction of sp³-hybridized carbons (Fsp3) is 0.375. The van der Waals surface area contributed by atoms with Crippen LogP contribution in [-0.4, -0.2) is 24.5 Å². The summed E-state index contributed by atoms with van der Waals surface area (Å²) in [6.07, 6.45) is 0. The van der Waals surface area contributed by atoms with Gasteiger partial charge in [0, 0.05) is 0 Å². The van der Waals surface area contributed by atoms with E-state index in [0.29, 0.717) is 0 Å². The zero-order valence-electron chi connectivity index (χ0n) is 43.8. The molecule has 0 fully saturated rings. The summed E-state index contributed by atoms with van der Waals surface area (Å²) in [5.74, 6) is 0. The van der Waals surface area contributed by atoms with Crippen LogP contribution in [0.3, 0.4) is 0 Å². The third kappa shape index (κ3) is 8.70. The van der Waals surface area contributed by atoms with Crippen LogP contribution in [0, 0.1) is 0 Å². The number of nitrogens with one attached hydrogen (secondary N) is 2. The second kappa shape index (κ2) is 15.7. The Kier molecular flexibility index (Phi) is 11.0. The summed E-state index contributed by atoms with van der Waals surface area (Å²) in [6, 6.07) is 43.3. The number of H-pyrrole nitrogens is 2. The molecule has 346 valence electrons. The summed E-state index contributed by atoms with van der Waals surface area (Å²) in [4.78, 5) is 8.23. The molecule has 6 aromatic carbocycles. The van der Waals surface area contributed by atoms with Gasteiger partial charge < -0.3 is 0 Å². The Morgan fingerprint density at radius 2 is 0.507 bits per heavy atom. The molecule has 2 N–H and O–H groups in total. The molecule has 0 saturated heterocycles. The normalized spacial score (nSPS) is 13.5. The van der Waals surface area contributed by atoms with Crippen LogP contribution in [0.15, 0.2) is 109 Å². The molecule has 0 aliphatic heterocycles. The quantitative estimate of drug-likeness (QED) is 0.165. The summed E-state index contributed by atoms with van der Waals surface area (Å²) in [5.41, 5.74) is 20.8. The molecule has 67 heavy (non-hydrogen) atoms. The van der Waals surface area contributed by atoms with E-state index in [4.69, 9.17) is 0 Å². The summed E-state index contributed by atoms with van der Waals surface area (Å²) < 4.78 is 2.83. The number of rotatable bonds is 4. The molecule has 9 rings (SSSR count). The molecule has 3 aromatic heterocycles. The molecule has 0 radical (unpaired) electrons. The van der Waals surface area contributed by atoms with Crippen molar-refractivity contribution in [2.75, 3.05) is 0 Å². The Hall–Kier alpha value is -5.08. The number of aromatic nitrogens is 2. The number of hydrogen-bond donors (Lipinski definition) is 2. The van der Waals surface area contributed by atoms with Crippen molar-refractivity contribution in [2.24, 2.45) is 0 Å². The van der Waals surface area contributed by atoms with E-state index in [0.717, 1.165) is 0 Å². The molecule has 9 aromatic rings. The fourth-order valence-corrected chi connectivity index (χ4v) is 11.9. The monoisotopic (exact) mass is 951 g/mol. The molecule has 3 heteroatoms. The zero-order valence-corrected chi connectivity index (χ0v) is 45.5. The van der Waals surface area contributed by atoms with E-state index in [1.54, 1.807) is 0 Å². The van der Waals surface area contributed by atoms with Gasteiger partial charge in [-0.1, -0.05) is 0 Å². The molecule has 0 saturated carbocycles. The number of benzene rings is 6. The van der Waals surface area contributed by atoms with Gasteiger partial charge in [0.2, 0.25) is 0 Å². The molecular formula is C64H74N2Se. The van der Waals surface area contributed by atoms with Crippen molar-refractivity contribution in [3.63, 3.8) is 0 Å². The van der Waals surface area contributed by atoms with E-state index in [1.165, 1.54) is 119 Å². The molecule has 3 heterocycles. The van der Waals surface area contributed by atoms with E-state index in [-0.39, 0.29) is 47.0 Å². The fourth-order valence-electron chi connectivity index (χ4n) is 9.71. The topological polar surface area (TPSA) is 31.6 Å². The van der Waals surface area contributed by atoms with Crippen LogP contribution in [0.4, 0.5) is 0 Å². The Bertz CT molecular complexity index is 3130. The van der Waals surface area contributed by atoms with Crippen molar-refractivity contribution in [2.45, 2.75) is 157 Å². The van der Waals surface area contributed by atoms with Gasteiger partial charge in [0.15, 0.2) is 0 Å². The van der Waals surface area contributed by atoms with Crippen LogP contribution in [-0.2, 0) is 32.5 Å². The number of hydrogen-bond acceptors (Lipinski definition) is 0. The first-order valence-electron chi connectivity index (χ1n) is 24.6. The second-order valence-electron chi connectivity index (χ2n) is 25.9. The average molecular weight is 950 g/mol. The van der Waals surface area contributed by atoms with Gasteiger partial charge in [0.25, 0.3) is 0 Å². The standard InChI is InChI=1S/C64H74N2Se/c1-59(2,3)39-23-19-37(20-24-39)45-29-41(61(7,8)9)31-47-49-33-43(63(13,14)15)35-51(57(49)65-55(45)47)53-27-28-54(67-53)52-36-44(64(16,17)18)34-50-48-32-42(62(10,11)12)30-46(56(48)66-58(50)52)38-21-25-40(26-22-38)60(4,5)6/h19-36,65-66H,1-18H3. The van der Waals surface area contributed by atoms with E-state index in [9.17, 15) is 0 Å². The van der Waals surface area contributed by atoms with E-state index in [2.05, 4.69) is 244 Å². The first-order valence-corrected chi connectivity index (χ1v) is 26.3. The van der Waals surface area contributed by atoms with Crippen LogP contribution in [0.25, 0.3) is 85.9 Å². The SMILES string of the molecule is CC(C)(C)c1ccc(-c2cc(C(C)(C)C)cc3c2[nH]c2c(-c4ccc(-c5cc(C(C)(C)C)cc6c5[nH]c5c(-c7ccc(C(C)(C)C)cc7)cc(C(C)(C)C)cc56)[se]4)cc(C(C)(C)C)cc23)cc1. The molecular weight excluding hydrogens is 876 g/mol. The van der Waals surface area contributed by atoms with Gasteiger partial charge >= 0.3 is 410 Å². The van der Waals surface area contributed by atoms with Gasteiger partial charge in [-0.05, 0) is 0 Å². The number of fused-ring (bicyclic) bond motifs is 6. The van der Waals surface area contributed by atoms with Crippen molar-refractivity contribution in [3.8, 4) is 42.3 Å². The minimum atomic E-state index is -0.0313. The number of aromatic amines is 2. The molecule has 0 aliphatic rings. The van der Waals surface area contributed by atoms with Crippen LogP contribution in [0.2, 0.25) is 0 Å². The Balaban J connectivity index is 1.29. The third-order valence-corrected chi connectivity index (χ3v) is 16.8. The zero-order chi connectivity index (χ0) is 48.6. The van der Waals surface area contributed by atoms with Crippen molar-refractivity contribution >= 4 is 58.1 Å². The average Bonchev–Trinajstić information content (AvgIpc) is 3.97. The second-order valence-corrected chi connectivity index (χ2v) is 28.1. The summed E-state index contributed by atoms with van der Waals surface area (Å²) in [7, 11) is 0. The Morgan fingerprint density at radius 3 is 0.761 bits per heavy atom. The molecule has 0 spiro atoms. The Labute approximate surface area is 407 Å². The van der Waals surface area contributed by atoms with E-state index < -0.39 is 0 Å². The van der Waals surface area contributed by atoms with Gasteiger partial charge in [-0.25, -0.2) is 0 Å². The summed E-state index contributed by atoms with van der Waals surface area (Å²) in [5, 5.41) is 5.23. The van der Waals surface area contributed by atoms with Crippen molar-refractivity contribution in [1.29, 1.82) is 0 Å². The van der Waals surface area contributed by atoms with E-state index >= 15 is 0 Å². The molecule has 2 nitrogen and oxygen atoms in total. The van der Waals surface area contributed by atoms with Gasteiger partial charge in [0.1, 0.15) is 0 Å². The van der Waals surface area contributed by atoms with Crippen LogP contribution >= 0.6 is 0 Å². The van der Waals surface area contributed by atoms with Gasteiger partial charge in [-0.2, -0.15) is 0 Å². The summed E-state index contributed by atoms with van der Waals surface area (Å²) in [6.45, 7) is 42.0. The van der Waals surface area contributed by atoms with Gasteiger partial charge in [0.05, 0.1) is 0 Å². The minimum absolute atomic E-state index is 0.0141. The molecule has 0 bridgehead atoms. The predicted molar refractivity (Wildman–Crippen MR) is 296 cm³/mol. The van der Waals surface area contributed by atoms with Gasteiger partial charge in [-0.15, -0.1) is 0 Å². The molecule has 0 amide bonds. The first-order chi connectivity index (χ1) is 31.0. The maximum atomic E-state index is 4.11. The van der Waals surface area contributed by atoms with Gasteiger partial charge in [-0.3, -0.25) is 0 Å². The maximum absolute atomic E-state index is 4.11. The summed E-state index contributed by atoms with van der Waals surface area (Å²) >= 11 is 0.0475. The predicted octanol–water partition coefficient (Wildman–Crippen LogP) is 18.5. The third-order valence-electron chi connectivity index (χ3n) is 14.4.